The van der Waals surface area contributed by atoms with Crippen LogP contribution in [0.25, 0.3) is 0 Å². The van der Waals surface area contributed by atoms with Crippen molar-refractivity contribution in [1.29, 1.82) is 0 Å². The zero-order chi connectivity index (χ0) is 18.4. The lowest BCUT2D eigenvalue weighted by atomic mass is 10.1. The molecule has 0 bridgehead atoms. The number of thioether (sulfide) groups is 1. The van der Waals surface area contributed by atoms with E-state index in [9.17, 15) is 4.79 Å². The van der Waals surface area contributed by atoms with E-state index in [1.165, 1.54) is 0 Å². The molecule has 25 heavy (non-hydrogen) atoms. The van der Waals surface area contributed by atoms with Crippen molar-refractivity contribution in [2.24, 2.45) is 0 Å². The molecule has 0 saturated carbocycles. The van der Waals surface area contributed by atoms with Crippen molar-refractivity contribution in [3.05, 3.63) is 51.5 Å². The van der Waals surface area contributed by atoms with Crippen LogP contribution in [-0.4, -0.2) is 25.9 Å². The van der Waals surface area contributed by atoms with Crippen LogP contribution >= 0.6 is 27.7 Å². The summed E-state index contributed by atoms with van der Waals surface area (Å²) < 4.78 is 11.5. The van der Waals surface area contributed by atoms with Crippen LogP contribution in [0, 0.1) is 13.8 Å². The molecule has 134 valence electrons. The Kier molecular flexibility index (Phi) is 7.20. The number of rotatable bonds is 7. The minimum absolute atomic E-state index is 0.0207. The van der Waals surface area contributed by atoms with Gasteiger partial charge in [0.2, 0.25) is 5.91 Å². The first kappa shape index (κ1) is 19.7. The lowest BCUT2D eigenvalue weighted by molar-refractivity contribution is -0.113. The number of amides is 1. The molecule has 0 aliphatic rings. The zero-order valence-corrected chi connectivity index (χ0v) is 17.2. The second-order valence-electron chi connectivity index (χ2n) is 5.66. The Morgan fingerprint density at radius 2 is 1.80 bits per heavy atom. The molecule has 1 amide bonds. The molecule has 0 aliphatic heterocycles. The predicted octanol–water partition coefficient (Wildman–Crippen LogP) is 4.96. The van der Waals surface area contributed by atoms with Gasteiger partial charge >= 0.3 is 0 Å². The third kappa shape index (κ3) is 5.41. The Bertz CT molecular complexity index is 765. The lowest BCUT2D eigenvalue weighted by Gasteiger charge is -2.13. The van der Waals surface area contributed by atoms with Crippen LogP contribution in [0.1, 0.15) is 16.7 Å². The van der Waals surface area contributed by atoms with Gasteiger partial charge in [0.25, 0.3) is 0 Å². The van der Waals surface area contributed by atoms with Crippen LogP contribution in [0.4, 0.5) is 5.69 Å². The molecule has 0 fully saturated rings. The molecule has 2 rings (SSSR count). The van der Waals surface area contributed by atoms with E-state index >= 15 is 0 Å². The highest BCUT2D eigenvalue weighted by molar-refractivity contribution is 9.10. The molecule has 0 unspecified atom stereocenters. The molecule has 0 heterocycles. The number of ether oxygens (including phenoxy) is 2. The molecule has 6 heteroatoms. The zero-order valence-electron chi connectivity index (χ0n) is 14.8. The fourth-order valence-electron chi connectivity index (χ4n) is 2.34. The van der Waals surface area contributed by atoms with Crippen molar-refractivity contribution in [3.63, 3.8) is 0 Å². The summed E-state index contributed by atoms with van der Waals surface area (Å²) in [6.45, 7) is 4.04. The largest absolute Gasteiger partial charge is 0.493 e. The topological polar surface area (TPSA) is 47.6 Å². The monoisotopic (exact) mass is 423 g/mol. The number of anilines is 1. The summed E-state index contributed by atoms with van der Waals surface area (Å²) >= 11 is 5.04. The number of carbonyl (C=O) groups is 1. The SMILES string of the molecule is COc1cc(C)c(CSCC(=O)Nc2ccc(C)cc2Br)cc1OC. The van der Waals surface area contributed by atoms with Gasteiger partial charge in [-0.05, 0) is 70.7 Å². The van der Waals surface area contributed by atoms with Gasteiger partial charge in [-0.3, -0.25) is 4.79 Å². The molecule has 0 atom stereocenters. The molecule has 0 aromatic heterocycles. The summed E-state index contributed by atoms with van der Waals surface area (Å²) in [5, 5.41) is 2.93. The van der Waals surface area contributed by atoms with Crippen molar-refractivity contribution in [2.45, 2.75) is 19.6 Å². The lowest BCUT2D eigenvalue weighted by Crippen LogP contribution is -2.14. The van der Waals surface area contributed by atoms with Crippen LogP contribution in [0.15, 0.2) is 34.8 Å². The highest BCUT2D eigenvalue weighted by atomic mass is 79.9. The quantitative estimate of drug-likeness (QED) is 0.683. The molecule has 0 spiro atoms. The Morgan fingerprint density at radius 3 is 2.44 bits per heavy atom. The Balaban J connectivity index is 1.93. The summed E-state index contributed by atoms with van der Waals surface area (Å²) in [7, 11) is 3.25. The van der Waals surface area contributed by atoms with Crippen LogP contribution in [0.3, 0.4) is 0 Å². The standard InChI is InChI=1S/C19H22BrNO3S/c1-12-5-6-16(15(20)7-12)21-19(22)11-25-10-14-9-18(24-4)17(23-3)8-13(14)2/h5-9H,10-11H2,1-4H3,(H,21,22). The molecule has 1 N–H and O–H groups in total. The van der Waals surface area contributed by atoms with Crippen molar-refractivity contribution in [3.8, 4) is 11.5 Å². The summed E-state index contributed by atoms with van der Waals surface area (Å²) in [6, 6.07) is 9.78. The van der Waals surface area contributed by atoms with E-state index in [-0.39, 0.29) is 5.91 Å². The van der Waals surface area contributed by atoms with E-state index in [0.717, 1.165) is 38.4 Å². The van der Waals surface area contributed by atoms with Gasteiger partial charge in [0.15, 0.2) is 11.5 Å². The minimum atomic E-state index is -0.0207. The number of aryl methyl sites for hydroxylation is 2. The van der Waals surface area contributed by atoms with E-state index in [4.69, 9.17) is 9.47 Å². The normalized spacial score (nSPS) is 10.4. The molecular weight excluding hydrogens is 402 g/mol. The molecular formula is C19H22BrNO3S. The molecule has 4 nitrogen and oxygen atoms in total. The average Bonchev–Trinajstić information content (AvgIpc) is 2.58. The van der Waals surface area contributed by atoms with Crippen LogP contribution in [0.5, 0.6) is 11.5 Å². The van der Waals surface area contributed by atoms with Gasteiger partial charge in [-0.1, -0.05) is 6.07 Å². The van der Waals surface area contributed by atoms with E-state index in [0.29, 0.717) is 11.5 Å². The number of hydrogen-bond donors (Lipinski definition) is 1. The first-order chi connectivity index (χ1) is 11.9. The third-order valence-electron chi connectivity index (χ3n) is 3.73. The third-order valence-corrected chi connectivity index (χ3v) is 5.37. The van der Waals surface area contributed by atoms with Gasteiger partial charge < -0.3 is 14.8 Å². The second-order valence-corrected chi connectivity index (χ2v) is 7.50. The van der Waals surface area contributed by atoms with Gasteiger partial charge in [-0.2, -0.15) is 0 Å². The fourth-order valence-corrected chi connectivity index (χ4v) is 3.82. The predicted molar refractivity (Wildman–Crippen MR) is 108 cm³/mol. The summed E-state index contributed by atoms with van der Waals surface area (Å²) in [5.41, 5.74) is 4.18. The smallest absolute Gasteiger partial charge is 0.234 e. The summed E-state index contributed by atoms with van der Waals surface area (Å²) in [5.74, 6) is 2.52. The van der Waals surface area contributed by atoms with Crippen LogP contribution < -0.4 is 14.8 Å². The van der Waals surface area contributed by atoms with Crippen LogP contribution in [0.2, 0.25) is 0 Å². The van der Waals surface area contributed by atoms with E-state index in [1.807, 2.05) is 44.2 Å². The van der Waals surface area contributed by atoms with E-state index < -0.39 is 0 Å². The molecule has 0 aliphatic carbocycles. The van der Waals surface area contributed by atoms with Crippen molar-refractivity contribution in [1.82, 2.24) is 0 Å². The highest BCUT2D eigenvalue weighted by Crippen LogP contribution is 2.32. The Hall–Kier alpha value is -1.66. The molecule has 0 saturated heterocycles. The first-order valence-corrected chi connectivity index (χ1v) is 9.74. The minimum Gasteiger partial charge on any atom is -0.493 e. The second kappa shape index (κ2) is 9.15. The van der Waals surface area contributed by atoms with Gasteiger partial charge in [-0.15, -0.1) is 11.8 Å². The number of hydrogen-bond acceptors (Lipinski definition) is 4. The van der Waals surface area contributed by atoms with Crippen molar-refractivity contribution < 1.29 is 14.3 Å². The van der Waals surface area contributed by atoms with Crippen molar-refractivity contribution in [2.75, 3.05) is 25.3 Å². The van der Waals surface area contributed by atoms with Gasteiger partial charge in [0, 0.05) is 10.2 Å². The number of methoxy groups -OCH3 is 2. The Morgan fingerprint density at radius 1 is 1.12 bits per heavy atom. The van der Waals surface area contributed by atoms with Gasteiger partial charge in [0.05, 0.1) is 25.7 Å². The van der Waals surface area contributed by atoms with Crippen molar-refractivity contribution >= 4 is 39.3 Å². The Labute approximate surface area is 161 Å². The number of nitrogens with one attached hydrogen (secondary N) is 1. The van der Waals surface area contributed by atoms with Gasteiger partial charge in [-0.25, -0.2) is 0 Å². The fraction of sp³-hybridized carbons (Fsp3) is 0.316. The highest BCUT2D eigenvalue weighted by Gasteiger charge is 2.10. The maximum atomic E-state index is 12.2. The average molecular weight is 424 g/mol. The number of halogens is 1. The molecule has 2 aromatic rings. The number of benzene rings is 2. The van der Waals surface area contributed by atoms with E-state index in [1.54, 1.807) is 26.0 Å². The summed E-state index contributed by atoms with van der Waals surface area (Å²) in [4.78, 5) is 12.2. The molecule has 2 aromatic carbocycles. The molecule has 0 radical (unpaired) electrons. The van der Waals surface area contributed by atoms with Crippen LogP contribution in [-0.2, 0) is 10.5 Å². The number of carbonyl (C=O) groups excluding carboxylic acids is 1. The summed E-state index contributed by atoms with van der Waals surface area (Å²) in [6.07, 6.45) is 0. The first-order valence-electron chi connectivity index (χ1n) is 7.80. The maximum absolute atomic E-state index is 12.2. The van der Waals surface area contributed by atoms with Gasteiger partial charge in [0.1, 0.15) is 0 Å². The maximum Gasteiger partial charge on any atom is 0.234 e. The van der Waals surface area contributed by atoms with E-state index in [2.05, 4.69) is 21.2 Å².